The summed E-state index contributed by atoms with van der Waals surface area (Å²) in [5.41, 5.74) is -0.667. The maximum Gasteiger partial charge on any atom is 0.187 e. The van der Waals surface area contributed by atoms with Crippen LogP contribution in [-0.4, -0.2) is 85.8 Å². The van der Waals surface area contributed by atoms with Gasteiger partial charge in [0.15, 0.2) is 6.29 Å². The van der Waals surface area contributed by atoms with Crippen LogP contribution in [0.5, 0.6) is 0 Å². The van der Waals surface area contributed by atoms with Crippen molar-refractivity contribution in [1.29, 1.82) is 0 Å². The van der Waals surface area contributed by atoms with Crippen molar-refractivity contribution in [2.45, 2.75) is 95.0 Å². The first-order valence-electron chi connectivity index (χ1n) is 10.5. The van der Waals surface area contributed by atoms with E-state index in [0.29, 0.717) is 25.7 Å². The molecular formula is C21H36O8. The number of ether oxygens (including phenoxy) is 2. The fourth-order valence-electron chi connectivity index (χ4n) is 5.54. The van der Waals surface area contributed by atoms with Gasteiger partial charge in [-0.25, -0.2) is 0 Å². The Balaban J connectivity index is 1.94. The van der Waals surface area contributed by atoms with E-state index in [4.69, 9.17) is 9.47 Å². The van der Waals surface area contributed by atoms with Gasteiger partial charge in [-0.2, -0.15) is 0 Å². The molecule has 2 saturated carbocycles. The second kappa shape index (κ2) is 8.16. The third-order valence-electron chi connectivity index (χ3n) is 7.42. The number of aliphatic hydroxyl groups is 6. The minimum atomic E-state index is -1.54. The Bertz CT molecular complexity index is 602. The van der Waals surface area contributed by atoms with Crippen LogP contribution >= 0.6 is 0 Å². The van der Waals surface area contributed by atoms with Gasteiger partial charge in [0.25, 0.3) is 0 Å². The normalized spacial score (nSPS) is 49.0. The van der Waals surface area contributed by atoms with Crippen LogP contribution < -0.4 is 0 Å². The van der Waals surface area contributed by atoms with Crippen molar-refractivity contribution in [3.63, 3.8) is 0 Å². The van der Waals surface area contributed by atoms with Crippen molar-refractivity contribution >= 4 is 0 Å². The van der Waals surface area contributed by atoms with E-state index in [1.807, 2.05) is 6.92 Å². The molecule has 1 heterocycles. The van der Waals surface area contributed by atoms with E-state index in [1.165, 1.54) is 0 Å². The number of hydrogen-bond donors (Lipinski definition) is 6. The third-order valence-corrected chi connectivity index (χ3v) is 7.42. The summed E-state index contributed by atoms with van der Waals surface area (Å²) in [7, 11) is 0. The van der Waals surface area contributed by atoms with E-state index in [9.17, 15) is 30.6 Å². The molecule has 0 amide bonds. The quantitative estimate of drug-likeness (QED) is 0.343. The van der Waals surface area contributed by atoms with Gasteiger partial charge in [-0.3, -0.25) is 0 Å². The summed E-state index contributed by atoms with van der Waals surface area (Å²) in [5.74, 6) is -0.598. The highest BCUT2D eigenvalue weighted by atomic mass is 16.7. The van der Waals surface area contributed by atoms with Crippen LogP contribution in [0.3, 0.4) is 0 Å². The molecule has 29 heavy (non-hydrogen) atoms. The summed E-state index contributed by atoms with van der Waals surface area (Å²) in [6.07, 6.45) is -5.53. The summed E-state index contributed by atoms with van der Waals surface area (Å²) in [6, 6.07) is 0. The van der Waals surface area contributed by atoms with Gasteiger partial charge in [-0.1, -0.05) is 19.1 Å². The van der Waals surface area contributed by atoms with Gasteiger partial charge in [0, 0.05) is 17.3 Å². The number of rotatable bonds is 4. The smallest absolute Gasteiger partial charge is 0.187 e. The predicted molar refractivity (Wildman–Crippen MR) is 104 cm³/mol. The zero-order valence-electron chi connectivity index (χ0n) is 17.4. The molecule has 0 aromatic rings. The van der Waals surface area contributed by atoms with Crippen LogP contribution in [0.2, 0.25) is 0 Å². The largest absolute Gasteiger partial charge is 0.394 e. The van der Waals surface area contributed by atoms with E-state index < -0.39 is 60.5 Å². The number of hydrogen-bond acceptors (Lipinski definition) is 8. The minimum absolute atomic E-state index is 0.274. The summed E-state index contributed by atoms with van der Waals surface area (Å²) in [6.45, 7) is 9.06. The molecule has 0 radical (unpaired) electrons. The fraction of sp³-hybridized carbons (Fsp3) is 0.905. The van der Waals surface area contributed by atoms with Gasteiger partial charge in [0.2, 0.25) is 0 Å². The Morgan fingerprint density at radius 3 is 2.38 bits per heavy atom. The van der Waals surface area contributed by atoms with Crippen molar-refractivity contribution in [3.8, 4) is 0 Å². The van der Waals surface area contributed by atoms with Crippen LogP contribution in [0.1, 0.15) is 46.5 Å². The van der Waals surface area contributed by atoms with Gasteiger partial charge in [-0.05, 0) is 39.5 Å². The van der Waals surface area contributed by atoms with E-state index in [2.05, 4.69) is 6.58 Å². The number of aliphatic hydroxyl groups excluding tert-OH is 5. The molecule has 3 rings (SSSR count). The molecule has 10 atom stereocenters. The van der Waals surface area contributed by atoms with Gasteiger partial charge in [-0.15, -0.1) is 0 Å². The van der Waals surface area contributed by atoms with Crippen molar-refractivity contribution in [3.05, 3.63) is 12.2 Å². The lowest BCUT2D eigenvalue weighted by Gasteiger charge is -2.57. The number of fused-ring (bicyclic) bond motifs is 1. The van der Waals surface area contributed by atoms with E-state index in [-0.39, 0.29) is 11.8 Å². The van der Waals surface area contributed by atoms with Crippen molar-refractivity contribution in [1.82, 2.24) is 0 Å². The second-order valence-electron chi connectivity index (χ2n) is 9.79. The molecule has 3 fully saturated rings. The summed E-state index contributed by atoms with van der Waals surface area (Å²) in [5, 5.41) is 61.6. The first kappa shape index (κ1) is 23.1. The molecule has 8 nitrogen and oxygen atoms in total. The van der Waals surface area contributed by atoms with Crippen LogP contribution in [-0.2, 0) is 9.47 Å². The molecular weight excluding hydrogens is 380 g/mol. The maximum atomic E-state index is 10.8. The molecule has 1 saturated heterocycles. The molecule has 0 aromatic carbocycles. The Hall–Kier alpha value is -0.580. The average Bonchev–Trinajstić information content (AvgIpc) is 2.64. The van der Waals surface area contributed by atoms with Crippen molar-refractivity contribution < 1.29 is 40.1 Å². The zero-order valence-corrected chi connectivity index (χ0v) is 17.4. The molecule has 168 valence electrons. The Kier molecular flexibility index (Phi) is 6.50. The SMILES string of the molecule is C=C1CC[C@H](O)[C@@]2(C)CC[C@@H](C(C)(C)O)[C@@H](O[C@@H]3O[C@H](CO)[C@@H](O)[C@H](O)[C@H]3O)[C@@H]12. The lowest BCUT2D eigenvalue weighted by Crippen LogP contribution is -2.63. The lowest BCUT2D eigenvalue weighted by molar-refractivity contribution is -0.330. The molecule has 0 bridgehead atoms. The van der Waals surface area contributed by atoms with Gasteiger partial charge in [0.05, 0.1) is 24.4 Å². The zero-order chi connectivity index (χ0) is 21.7. The predicted octanol–water partition coefficient (Wildman–Crippen LogP) is -0.314. The first-order valence-corrected chi connectivity index (χ1v) is 10.5. The summed E-state index contributed by atoms with van der Waals surface area (Å²) in [4.78, 5) is 0. The highest BCUT2D eigenvalue weighted by molar-refractivity contribution is 5.19. The lowest BCUT2D eigenvalue weighted by atomic mass is 9.53. The van der Waals surface area contributed by atoms with Crippen molar-refractivity contribution in [2.75, 3.05) is 6.61 Å². The monoisotopic (exact) mass is 416 g/mol. The van der Waals surface area contributed by atoms with Gasteiger partial charge in [0.1, 0.15) is 24.4 Å². The minimum Gasteiger partial charge on any atom is -0.394 e. The van der Waals surface area contributed by atoms with Crippen molar-refractivity contribution in [2.24, 2.45) is 17.3 Å². The molecule has 8 heteroatoms. The van der Waals surface area contributed by atoms with E-state index >= 15 is 0 Å². The maximum absolute atomic E-state index is 10.8. The highest BCUT2D eigenvalue weighted by Crippen LogP contribution is 2.56. The van der Waals surface area contributed by atoms with Gasteiger partial charge < -0.3 is 40.1 Å². The second-order valence-corrected chi connectivity index (χ2v) is 9.79. The molecule has 1 aliphatic heterocycles. The average molecular weight is 417 g/mol. The third kappa shape index (κ3) is 4.02. The van der Waals surface area contributed by atoms with Crippen LogP contribution in [0.4, 0.5) is 0 Å². The van der Waals surface area contributed by atoms with Crippen LogP contribution in [0, 0.1) is 17.3 Å². The molecule has 0 unspecified atom stereocenters. The van der Waals surface area contributed by atoms with E-state index in [1.54, 1.807) is 13.8 Å². The standard InChI is InChI=1S/C21H36O8/c1-10-5-6-13(23)21(4)8-7-11(20(2,3)27)18(14(10)21)29-19-17(26)16(25)15(24)12(9-22)28-19/h11-19,22-27H,1,5-9H2,2-4H3/t11-,12-,13+,14-,15-,16+,17-,18-,19+,21-/m1/s1. The molecule has 3 aliphatic rings. The summed E-state index contributed by atoms with van der Waals surface area (Å²) < 4.78 is 11.8. The first-order chi connectivity index (χ1) is 13.4. The Labute approximate surface area is 171 Å². The van der Waals surface area contributed by atoms with Crippen LogP contribution in [0.25, 0.3) is 0 Å². The van der Waals surface area contributed by atoms with Gasteiger partial charge >= 0.3 is 0 Å². The Morgan fingerprint density at radius 2 is 1.79 bits per heavy atom. The van der Waals surface area contributed by atoms with E-state index in [0.717, 1.165) is 5.57 Å². The molecule has 6 N–H and O–H groups in total. The topological polar surface area (TPSA) is 140 Å². The summed E-state index contributed by atoms with van der Waals surface area (Å²) >= 11 is 0. The molecule has 0 spiro atoms. The fourth-order valence-corrected chi connectivity index (χ4v) is 5.54. The van der Waals surface area contributed by atoms with Crippen LogP contribution in [0.15, 0.2) is 12.2 Å². The highest BCUT2D eigenvalue weighted by Gasteiger charge is 2.57. The Morgan fingerprint density at radius 1 is 1.14 bits per heavy atom. The molecule has 2 aliphatic carbocycles. The molecule has 0 aromatic heterocycles.